The molecule has 8 heteroatoms. The smallest absolute Gasteiger partial charge is 0.391 e. The van der Waals surface area contributed by atoms with Gasteiger partial charge in [-0.25, -0.2) is 0 Å². The molecule has 0 aliphatic rings. The summed E-state index contributed by atoms with van der Waals surface area (Å²) in [6.07, 6.45) is 0. The summed E-state index contributed by atoms with van der Waals surface area (Å²) in [4.78, 5) is 33.6. The van der Waals surface area contributed by atoms with Crippen LogP contribution in [0.3, 0.4) is 0 Å². The van der Waals surface area contributed by atoms with Crippen LogP contribution in [0.5, 0.6) is 11.5 Å². The van der Waals surface area contributed by atoms with Gasteiger partial charge in [0.2, 0.25) is 0 Å². The number of benzene rings is 2. The van der Waals surface area contributed by atoms with Crippen molar-refractivity contribution in [3.63, 3.8) is 0 Å². The lowest BCUT2D eigenvalue weighted by atomic mass is 10.3. The van der Waals surface area contributed by atoms with Crippen LogP contribution < -0.4 is 9.05 Å². The molecule has 0 aromatic heterocycles. The van der Waals surface area contributed by atoms with Gasteiger partial charge in [-0.1, -0.05) is 36.4 Å². The molecule has 2 rings (SSSR count). The fraction of sp³-hybridized carbons (Fsp3) is 0. The average Bonchev–Trinajstić information content (AvgIpc) is 2.40. The Hall–Kier alpha value is -1.26. The molecule has 2 aromatic rings. The molecule has 0 spiro atoms. The van der Waals surface area contributed by atoms with Gasteiger partial charge in [-0.3, -0.25) is 0 Å². The highest BCUT2D eigenvalue weighted by atomic mass is 31.2. The van der Waals surface area contributed by atoms with Crippen molar-refractivity contribution < 1.29 is 28.6 Å². The van der Waals surface area contributed by atoms with E-state index in [0.29, 0.717) is 11.5 Å². The Morgan fingerprint density at radius 1 is 0.550 bits per heavy atom. The van der Waals surface area contributed by atoms with Crippen molar-refractivity contribution in [3.8, 4) is 11.5 Å². The van der Waals surface area contributed by atoms with Crippen LogP contribution in [0.2, 0.25) is 0 Å². The molecule has 2 aromatic carbocycles. The van der Waals surface area contributed by atoms with Gasteiger partial charge in [0.15, 0.2) is 0 Å². The Kier molecular flexibility index (Phi) is 8.07. The standard InChI is InChI=1S/2C6H7O3P/c2*7-10(8)9-6-4-2-1-3-5-6/h2*1-5,7-8H. The molecule has 0 fully saturated rings. The van der Waals surface area contributed by atoms with Gasteiger partial charge in [-0.05, 0) is 24.3 Å². The minimum absolute atomic E-state index is 0.471. The first-order valence-electron chi connectivity index (χ1n) is 5.39. The number of hydrogen-bond acceptors (Lipinski definition) is 6. The fourth-order valence-corrected chi connectivity index (χ4v) is 1.77. The van der Waals surface area contributed by atoms with Gasteiger partial charge in [0.1, 0.15) is 11.5 Å². The van der Waals surface area contributed by atoms with Crippen LogP contribution in [0.1, 0.15) is 0 Å². The molecule has 0 amide bonds. The van der Waals surface area contributed by atoms with Crippen molar-refractivity contribution in [2.24, 2.45) is 0 Å². The monoisotopic (exact) mass is 316 g/mol. The molecule has 6 nitrogen and oxygen atoms in total. The predicted octanol–water partition coefficient (Wildman–Crippen LogP) is 2.55. The molecule has 0 bridgehead atoms. The van der Waals surface area contributed by atoms with E-state index in [2.05, 4.69) is 9.05 Å². The van der Waals surface area contributed by atoms with E-state index in [1.54, 1.807) is 48.5 Å². The van der Waals surface area contributed by atoms with Crippen molar-refractivity contribution >= 4 is 17.2 Å². The molecule has 0 unspecified atom stereocenters. The summed E-state index contributed by atoms with van der Waals surface area (Å²) in [6, 6.07) is 17.3. The van der Waals surface area contributed by atoms with Crippen LogP contribution in [-0.4, -0.2) is 19.6 Å². The van der Waals surface area contributed by atoms with Crippen molar-refractivity contribution in [3.05, 3.63) is 60.7 Å². The molecule has 0 aliphatic heterocycles. The van der Waals surface area contributed by atoms with Crippen LogP contribution in [0, 0.1) is 0 Å². The Labute approximate surface area is 118 Å². The summed E-state index contributed by atoms with van der Waals surface area (Å²) < 4.78 is 9.18. The number of hydrogen-bond donors (Lipinski definition) is 4. The summed E-state index contributed by atoms with van der Waals surface area (Å²) in [5.74, 6) is 0.942. The van der Waals surface area contributed by atoms with Gasteiger partial charge < -0.3 is 28.6 Å². The molecule has 0 saturated heterocycles. The van der Waals surface area contributed by atoms with Gasteiger partial charge in [-0.2, -0.15) is 0 Å². The zero-order valence-corrected chi connectivity index (χ0v) is 12.1. The Morgan fingerprint density at radius 3 is 1.10 bits per heavy atom. The van der Waals surface area contributed by atoms with E-state index in [-0.39, 0.29) is 0 Å². The third kappa shape index (κ3) is 8.02. The normalized spacial score (nSPS) is 9.90. The number of para-hydroxylation sites is 2. The molecule has 4 N–H and O–H groups in total. The molecule has 0 radical (unpaired) electrons. The summed E-state index contributed by atoms with van der Waals surface area (Å²) in [6.45, 7) is 0. The van der Waals surface area contributed by atoms with Crippen LogP contribution in [-0.2, 0) is 0 Å². The molecule has 108 valence electrons. The Balaban J connectivity index is 0.000000200. The van der Waals surface area contributed by atoms with Gasteiger partial charge in [0.05, 0.1) is 0 Å². The summed E-state index contributed by atoms with van der Waals surface area (Å²) >= 11 is 0. The quantitative estimate of drug-likeness (QED) is 0.647. The maximum Gasteiger partial charge on any atom is 0.391 e. The van der Waals surface area contributed by atoms with Crippen molar-refractivity contribution in [2.45, 2.75) is 0 Å². The Morgan fingerprint density at radius 2 is 0.850 bits per heavy atom. The van der Waals surface area contributed by atoms with Crippen LogP contribution in [0.15, 0.2) is 60.7 Å². The van der Waals surface area contributed by atoms with Crippen LogP contribution >= 0.6 is 17.2 Å². The van der Waals surface area contributed by atoms with Crippen molar-refractivity contribution in [1.29, 1.82) is 0 Å². The highest BCUT2D eigenvalue weighted by molar-refractivity contribution is 7.40. The van der Waals surface area contributed by atoms with E-state index < -0.39 is 17.2 Å². The molecular weight excluding hydrogens is 302 g/mol. The molecule has 0 aliphatic carbocycles. The molecule has 0 atom stereocenters. The SMILES string of the molecule is OP(O)Oc1ccccc1.OP(O)Oc1ccccc1. The van der Waals surface area contributed by atoms with Crippen LogP contribution in [0.4, 0.5) is 0 Å². The maximum atomic E-state index is 8.40. The second-order valence-corrected chi connectivity index (χ2v) is 4.69. The van der Waals surface area contributed by atoms with Crippen molar-refractivity contribution in [1.82, 2.24) is 0 Å². The van der Waals surface area contributed by atoms with E-state index >= 15 is 0 Å². The first kappa shape index (κ1) is 16.8. The zero-order chi connectivity index (χ0) is 14.8. The number of rotatable bonds is 4. The minimum Gasteiger partial charge on any atom is -0.427 e. The highest BCUT2D eigenvalue weighted by Gasteiger charge is 1.99. The van der Waals surface area contributed by atoms with Gasteiger partial charge >= 0.3 is 17.2 Å². The lowest BCUT2D eigenvalue weighted by Gasteiger charge is -2.02. The van der Waals surface area contributed by atoms with E-state index in [1.165, 1.54) is 0 Å². The highest BCUT2D eigenvalue weighted by Crippen LogP contribution is 2.28. The second kappa shape index (κ2) is 9.61. The first-order valence-corrected chi connectivity index (χ1v) is 7.73. The second-order valence-electron chi connectivity index (χ2n) is 3.31. The summed E-state index contributed by atoms with van der Waals surface area (Å²) in [5.41, 5.74) is 0. The van der Waals surface area contributed by atoms with E-state index in [1.807, 2.05) is 12.1 Å². The fourth-order valence-electron chi connectivity index (χ4n) is 1.15. The van der Waals surface area contributed by atoms with E-state index in [9.17, 15) is 0 Å². The molecule has 0 heterocycles. The summed E-state index contributed by atoms with van der Waals surface area (Å²) in [7, 11) is -4.55. The predicted molar refractivity (Wildman–Crippen MR) is 76.9 cm³/mol. The van der Waals surface area contributed by atoms with Crippen LogP contribution in [0.25, 0.3) is 0 Å². The van der Waals surface area contributed by atoms with Gasteiger partial charge in [0, 0.05) is 0 Å². The lowest BCUT2D eigenvalue weighted by Crippen LogP contribution is -1.82. The minimum atomic E-state index is -2.28. The molecule has 0 saturated carbocycles. The largest absolute Gasteiger partial charge is 0.427 e. The Bertz CT molecular complexity index is 420. The first-order chi connectivity index (χ1) is 9.58. The third-order valence-corrected chi connectivity index (χ3v) is 2.61. The van der Waals surface area contributed by atoms with Gasteiger partial charge in [-0.15, -0.1) is 0 Å². The maximum absolute atomic E-state index is 8.40. The average molecular weight is 316 g/mol. The third-order valence-electron chi connectivity index (χ3n) is 1.86. The van der Waals surface area contributed by atoms with Gasteiger partial charge in [0.25, 0.3) is 0 Å². The zero-order valence-electron chi connectivity index (χ0n) is 10.3. The molecule has 20 heavy (non-hydrogen) atoms. The summed E-state index contributed by atoms with van der Waals surface area (Å²) in [5, 5.41) is 0. The van der Waals surface area contributed by atoms with E-state index in [0.717, 1.165) is 0 Å². The van der Waals surface area contributed by atoms with E-state index in [4.69, 9.17) is 19.6 Å². The topological polar surface area (TPSA) is 99.4 Å². The van der Waals surface area contributed by atoms with Crippen molar-refractivity contribution in [2.75, 3.05) is 0 Å². The molecular formula is C12H14O6P2. The lowest BCUT2D eigenvalue weighted by molar-refractivity contribution is 0.373.